The molecule has 0 aliphatic carbocycles. The Morgan fingerprint density at radius 3 is 2.64 bits per heavy atom. The van der Waals surface area contributed by atoms with E-state index < -0.39 is 0 Å². The van der Waals surface area contributed by atoms with Gasteiger partial charge in [0.2, 0.25) is 5.91 Å². The fourth-order valence-corrected chi connectivity index (χ4v) is 2.54. The molecule has 1 saturated heterocycles. The van der Waals surface area contributed by atoms with Crippen molar-refractivity contribution in [3.05, 3.63) is 53.9 Å². The Balaban J connectivity index is 1.72. The summed E-state index contributed by atoms with van der Waals surface area (Å²) in [6.07, 6.45) is 3.15. The van der Waals surface area contributed by atoms with Crippen LogP contribution in [-0.2, 0) is 4.79 Å². The van der Waals surface area contributed by atoms with Crippen LogP contribution in [0.5, 0.6) is 0 Å². The van der Waals surface area contributed by atoms with Crippen LogP contribution in [0.2, 0.25) is 0 Å². The summed E-state index contributed by atoms with van der Waals surface area (Å²) in [5.74, 6) is -0.0330. The van der Waals surface area contributed by atoms with Crippen LogP contribution in [0.25, 0.3) is 0 Å². The van der Waals surface area contributed by atoms with Gasteiger partial charge in [-0.1, -0.05) is 0 Å². The molecule has 2 heterocycles. The van der Waals surface area contributed by atoms with Gasteiger partial charge in [0.05, 0.1) is 0 Å². The molecule has 3 rings (SSSR count). The third-order valence-corrected chi connectivity index (χ3v) is 3.67. The molecule has 1 aliphatic heterocycles. The first-order valence-electron chi connectivity index (χ1n) is 7.28. The van der Waals surface area contributed by atoms with Crippen molar-refractivity contribution in [2.75, 3.05) is 16.8 Å². The lowest BCUT2D eigenvalue weighted by molar-refractivity contribution is -0.117. The molecule has 1 aromatic heterocycles. The highest BCUT2D eigenvalue weighted by Crippen LogP contribution is 2.22. The van der Waals surface area contributed by atoms with Crippen molar-refractivity contribution in [1.82, 2.24) is 4.98 Å². The van der Waals surface area contributed by atoms with Crippen molar-refractivity contribution in [2.45, 2.75) is 19.8 Å². The maximum atomic E-state index is 12.2. The molecular formula is C17H17N3O2. The lowest BCUT2D eigenvalue weighted by Crippen LogP contribution is -2.23. The van der Waals surface area contributed by atoms with Crippen molar-refractivity contribution in [2.24, 2.45) is 0 Å². The van der Waals surface area contributed by atoms with Gasteiger partial charge in [0.1, 0.15) is 0 Å². The van der Waals surface area contributed by atoms with Crippen molar-refractivity contribution in [3.63, 3.8) is 0 Å². The van der Waals surface area contributed by atoms with E-state index in [4.69, 9.17) is 0 Å². The Morgan fingerprint density at radius 1 is 1.23 bits per heavy atom. The molecule has 2 amide bonds. The predicted octanol–water partition coefficient (Wildman–Crippen LogP) is 2.77. The molecule has 112 valence electrons. The normalized spacial score (nSPS) is 14.2. The van der Waals surface area contributed by atoms with Crippen LogP contribution in [0, 0.1) is 6.92 Å². The van der Waals surface area contributed by atoms with Crippen LogP contribution in [0.3, 0.4) is 0 Å². The van der Waals surface area contributed by atoms with E-state index in [1.165, 1.54) is 0 Å². The zero-order chi connectivity index (χ0) is 15.5. The number of benzene rings is 1. The Labute approximate surface area is 129 Å². The molecule has 5 heteroatoms. The summed E-state index contributed by atoms with van der Waals surface area (Å²) in [4.78, 5) is 29.8. The highest BCUT2D eigenvalue weighted by molar-refractivity contribution is 6.04. The average Bonchev–Trinajstić information content (AvgIpc) is 2.93. The smallest absolute Gasteiger partial charge is 0.255 e. The topological polar surface area (TPSA) is 62.3 Å². The van der Waals surface area contributed by atoms with Gasteiger partial charge in [0.25, 0.3) is 5.91 Å². The minimum Gasteiger partial charge on any atom is -0.322 e. The Bertz CT molecular complexity index is 710. The Hall–Kier alpha value is -2.69. The number of anilines is 2. The lowest BCUT2D eigenvalue weighted by atomic mass is 10.1. The number of hydrogen-bond acceptors (Lipinski definition) is 3. The highest BCUT2D eigenvalue weighted by Gasteiger charge is 2.21. The Kier molecular flexibility index (Phi) is 3.87. The molecular weight excluding hydrogens is 278 g/mol. The summed E-state index contributed by atoms with van der Waals surface area (Å²) in [7, 11) is 0. The minimum absolute atomic E-state index is 0.143. The molecule has 2 aromatic rings. The first-order chi connectivity index (χ1) is 10.6. The maximum Gasteiger partial charge on any atom is 0.255 e. The van der Waals surface area contributed by atoms with Gasteiger partial charge in [-0.3, -0.25) is 14.6 Å². The second-order valence-electron chi connectivity index (χ2n) is 5.34. The molecule has 0 bridgehead atoms. The van der Waals surface area contributed by atoms with Crippen LogP contribution in [0.1, 0.15) is 28.9 Å². The zero-order valence-electron chi connectivity index (χ0n) is 12.4. The van der Waals surface area contributed by atoms with E-state index in [9.17, 15) is 9.59 Å². The lowest BCUT2D eigenvalue weighted by Gasteiger charge is -2.15. The van der Waals surface area contributed by atoms with E-state index in [2.05, 4.69) is 10.3 Å². The first kappa shape index (κ1) is 14.3. The highest BCUT2D eigenvalue weighted by atomic mass is 16.2. The number of aromatic nitrogens is 1. The van der Waals surface area contributed by atoms with Crippen molar-refractivity contribution >= 4 is 23.2 Å². The first-order valence-corrected chi connectivity index (χ1v) is 7.28. The molecule has 1 N–H and O–H groups in total. The molecule has 1 fully saturated rings. The summed E-state index contributed by atoms with van der Waals surface area (Å²) in [5.41, 5.74) is 2.97. The molecule has 0 atom stereocenters. The van der Waals surface area contributed by atoms with Gasteiger partial charge in [-0.15, -0.1) is 0 Å². The van der Waals surface area contributed by atoms with Crippen molar-refractivity contribution in [3.8, 4) is 0 Å². The predicted molar refractivity (Wildman–Crippen MR) is 85.0 cm³/mol. The fourth-order valence-electron chi connectivity index (χ4n) is 2.54. The van der Waals surface area contributed by atoms with Gasteiger partial charge in [-0.25, -0.2) is 0 Å². The number of aryl methyl sites for hydroxylation is 1. The number of hydrogen-bond donors (Lipinski definition) is 1. The van der Waals surface area contributed by atoms with E-state index >= 15 is 0 Å². The number of nitrogens with zero attached hydrogens (tertiary/aromatic N) is 2. The molecule has 0 radical (unpaired) electrons. The Morgan fingerprint density at radius 2 is 2.00 bits per heavy atom. The summed E-state index contributed by atoms with van der Waals surface area (Å²) in [6.45, 7) is 2.62. The van der Waals surface area contributed by atoms with Gasteiger partial charge in [-0.2, -0.15) is 0 Å². The molecule has 0 spiro atoms. The van der Waals surface area contributed by atoms with Crippen LogP contribution < -0.4 is 10.2 Å². The molecule has 1 aliphatic rings. The summed E-state index contributed by atoms with van der Waals surface area (Å²) < 4.78 is 0. The van der Waals surface area contributed by atoms with E-state index in [1.807, 2.05) is 25.1 Å². The monoisotopic (exact) mass is 295 g/mol. The minimum atomic E-state index is -0.176. The van der Waals surface area contributed by atoms with Crippen LogP contribution in [0.4, 0.5) is 11.4 Å². The van der Waals surface area contributed by atoms with Gasteiger partial charge in [0.15, 0.2) is 0 Å². The molecule has 22 heavy (non-hydrogen) atoms. The third kappa shape index (κ3) is 2.98. The number of carbonyl (C=O) groups is 2. The van der Waals surface area contributed by atoms with Gasteiger partial charge >= 0.3 is 0 Å². The molecule has 0 unspecified atom stereocenters. The quantitative estimate of drug-likeness (QED) is 0.947. The number of rotatable bonds is 3. The van der Waals surface area contributed by atoms with Crippen molar-refractivity contribution in [1.29, 1.82) is 0 Å². The summed E-state index contributed by atoms with van der Waals surface area (Å²) >= 11 is 0. The number of nitrogens with one attached hydrogen (secondary N) is 1. The second kappa shape index (κ2) is 5.97. The van der Waals surface area contributed by atoms with Gasteiger partial charge < -0.3 is 10.2 Å². The fraction of sp³-hybridized carbons (Fsp3) is 0.235. The van der Waals surface area contributed by atoms with Gasteiger partial charge in [-0.05, 0) is 49.7 Å². The second-order valence-corrected chi connectivity index (χ2v) is 5.34. The van der Waals surface area contributed by atoms with E-state index in [1.54, 1.807) is 29.3 Å². The summed E-state index contributed by atoms with van der Waals surface area (Å²) in [5, 5.41) is 2.84. The molecule has 1 aromatic carbocycles. The van der Waals surface area contributed by atoms with E-state index in [-0.39, 0.29) is 11.8 Å². The van der Waals surface area contributed by atoms with E-state index in [0.717, 1.165) is 30.0 Å². The van der Waals surface area contributed by atoms with Crippen molar-refractivity contribution < 1.29 is 9.59 Å². The zero-order valence-corrected chi connectivity index (χ0v) is 12.4. The molecule has 5 nitrogen and oxygen atoms in total. The number of pyridine rings is 1. The van der Waals surface area contributed by atoms with Crippen LogP contribution in [0.15, 0.2) is 42.6 Å². The third-order valence-electron chi connectivity index (χ3n) is 3.67. The number of carbonyl (C=O) groups excluding carboxylic acids is 2. The van der Waals surface area contributed by atoms with Gasteiger partial charge in [0, 0.05) is 41.8 Å². The maximum absolute atomic E-state index is 12.2. The summed E-state index contributed by atoms with van der Waals surface area (Å²) in [6, 6.07) is 10.7. The van der Waals surface area contributed by atoms with Crippen LogP contribution in [-0.4, -0.2) is 23.3 Å². The number of amides is 2. The largest absolute Gasteiger partial charge is 0.322 e. The van der Waals surface area contributed by atoms with Crippen LogP contribution >= 0.6 is 0 Å². The molecule has 0 saturated carbocycles. The van der Waals surface area contributed by atoms with E-state index in [0.29, 0.717) is 12.0 Å². The average molecular weight is 295 g/mol. The standard InChI is InChI=1S/C17H17N3O2/c1-12-11-14(8-9-18-12)19-17(22)13-4-6-15(7-5-13)20-10-2-3-16(20)21/h4-9,11H,2-3,10H2,1H3,(H,18,19,22). The SMILES string of the molecule is Cc1cc(NC(=O)c2ccc(N3CCCC3=O)cc2)ccn1.